The minimum absolute atomic E-state index is 0.0124. The Balaban J connectivity index is 2.02. The maximum atomic E-state index is 10.5. The van der Waals surface area contributed by atoms with E-state index in [9.17, 15) is 4.79 Å². The Kier molecular flexibility index (Phi) is 3.30. The summed E-state index contributed by atoms with van der Waals surface area (Å²) in [7, 11) is 0. The molecule has 2 N–H and O–H groups in total. The number of thioether (sulfide) groups is 1. The average Bonchev–Trinajstić information content (AvgIpc) is 2.67. The monoisotopic (exact) mass is 226 g/mol. The molecular weight excluding hydrogens is 212 g/mol. The topological polar surface area (TPSA) is 66.0 Å². The lowest BCUT2D eigenvalue weighted by molar-refractivity contribution is -0.136. The molecule has 1 aliphatic rings. The van der Waals surface area contributed by atoms with E-state index >= 15 is 0 Å². The summed E-state index contributed by atoms with van der Waals surface area (Å²) in [6.07, 6.45) is 4.11. The van der Waals surface area contributed by atoms with E-state index in [1.807, 2.05) is 11.8 Å². The van der Waals surface area contributed by atoms with E-state index in [2.05, 4.69) is 9.97 Å². The van der Waals surface area contributed by atoms with Gasteiger partial charge in [-0.25, -0.2) is 4.98 Å². The van der Waals surface area contributed by atoms with E-state index in [0.29, 0.717) is 11.7 Å². The first-order chi connectivity index (χ1) is 7.25. The van der Waals surface area contributed by atoms with E-state index in [1.165, 1.54) is 24.3 Å². The first kappa shape index (κ1) is 10.5. The van der Waals surface area contributed by atoms with Gasteiger partial charge in [-0.2, -0.15) is 11.8 Å². The normalized spacial score (nSPS) is 17.9. The zero-order valence-corrected chi connectivity index (χ0v) is 9.22. The van der Waals surface area contributed by atoms with Crippen LogP contribution in [0.25, 0.3) is 0 Å². The van der Waals surface area contributed by atoms with E-state index in [1.54, 1.807) is 6.20 Å². The summed E-state index contributed by atoms with van der Waals surface area (Å²) in [5, 5.41) is 8.62. The second-order valence-corrected chi connectivity index (χ2v) is 4.97. The summed E-state index contributed by atoms with van der Waals surface area (Å²) in [4.78, 5) is 17.7. The maximum absolute atomic E-state index is 10.5. The first-order valence-corrected chi connectivity index (χ1v) is 6.24. The molecule has 0 radical (unpaired) electrons. The summed E-state index contributed by atoms with van der Waals surface area (Å²) >= 11 is 1.98. The predicted molar refractivity (Wildman–Crippen MR) is 59.2 cm³/mol. The number of aliphatic carboxylic acids is 1. The number of carboxylic acid groups (broad SMARTS) is 1. The van der Waals surface area contributed by atoms with Gasteiger partial charge in [0, 0.05) is 17.8 Å². The predicted octanol–water partition coefficient (Wildman–Crippen LogP) is 1.65. The molecule has 0 unspecified atom stereocenters. The Labute approximate surface area is 92.5 Å². The van der Waals surface area contributed by atoms with Gasteiger partial charge < -0.3 is 10.1 Å². The average molecular weight is 226 g/mol. The molecule has 1 aliphatic heterocycles. The van der Waals surface area contributed by atoms with Crippen LogP contribution in [-0.4, -0.2) is 32.5 Å². The number of aromatic nitrogens is 2. The molecule has 15 heavy (non-hydrogen) atoms. The summed E-state index contributed by atoms with van der Waals surface area (Å²) in [6.45, 7) is 0. The Morgan fingerprint density at radius 2 is 2.33 bits per heavy atom. The first-order valence-electron chi connectivity index (χ1n) is 5.09. The number of rotatable bonds is 3. The zero-order valence-electron chi connectivity index (χ0n) is 8.40. The third-order valence-corrected chi connectivity index (χ3v) is 3.68. The highest BCUT2D eigenvalue weighted by atomic mass is 32.2. The Morgan fingerprint density at radius 1 is 1.60 bits per heavy atom. The van der Waals surface area contributed by atoms with Crippen molar-refractivity contribution in [3.63, 3.8) is 0 Å². The van der Waals surface area contributed by atoms with Crippen molar-refractivity contribution in [3.8, 4) is 0 Å². The number of hydrogen-bond donors (Lipinski definition) is 2. The van der Waals surface area contributed by atoms with Gasteiger partial charge in [-0.3, -0.25) is 4.79 Å². The van der Waals surface area contributed by atoms with Crippen molar-refractivity contribution in [1.82, 2.24) is 9.97 Å². The Morgan fingerprint density at radius 3 is 3.00 bits per heavy atom. The van der Waals surface area contributed by atoms with Crippen LogP contribution < -0.4 is 0 Å². The van der Waals surface area contributed by atoms with Crippen molar-refractivity contribution in [2.24, 2.45) is 0 Å². The summed E-state index contributed by atoms with van der Waals surface area (Å²) in [5.74, 6) is 2.66. The van der Waals surface area contributed by atoms with Crippen molar-refractivity contribution < 1.29 is 9.90 Å². The molecule has 82 valence electrons. The van der Waals surface area contributed by atoms with Gasteiger partial charge >= 0.3 is 5.97 Å². The lowest BCUT2D eigenvalue weighted by Gasteiger charge is -2.19. The van der Waals surface area contributed by atoms with Gasteiger partial charge in [-0.15, -0.1) is 0 Å². The van der Waals surface area contributed by atoms with Crippen LogP contribution >= 0.6 is 11.8 Å². The molecule has 2 rings (SSSR count). The highest BCUT2D eigenvalue weighted by Crippen LogP contribution is 2.30. The van der Waals surface area contributed by atoms with Crippen LogP contribution in [0.15, 0.2) is 6.20 Å². The minimum atomic E-state index is -0.838. The number of carboxylic acids is 1. The van der Waals surface area contributed by atoms with Gasteiger partial charge in [0.2, 0.25) is 0 Å². The smallest absolute Gasteiger partial charge is 0.311 e. The van der Waals surface area contributed by atoms with Gasteiger partial charge in [-0.05, 0) is 24.3 Å². The van der Waals surface area contributed by atoms with Crippen LogP contribution in [0, 0.1) is 0 Å². The summed E-state index contributed by atoms with van der Waals surface area (Å²) in [5.41, 5.74) is 1.10. The standard InChI is InChI=1S/C10H14N2O2S/c13-10(14)5-9-11-6-8(12-9)7-1-3-15-4-2-7/h6-7H,1-5H2,(H,11,12)(H,13,14). The molecule has 0 atom stereocenters. The van der Waals surface area contributed by atoms with E-state index in [0.717, 1.165) is 5.69 Å². The van der Waals surface area contributed by atoms with Crippen LogP contribution in [0.2, 0.25) is 0 Å². The molecule has 0 aromatic carbocycles. The molecule has 1 aromatic rings. The lowest BCUT2D eigenvalue weighted by atomic mass is 10.00. The van der Waals surface area contributed by atoms with E-state index in [-0.39, 0.29) is 6.42 Å². The fraction of sp³-hybridized carbons (Fsp3) is 0.600. The second-order valence-electron chi connectivity index (χ2n) is 3.74. The molecule has 1 aromatic heterocycles. The van der Waals surface area contributed by atoms with Crippen LogP contribution in [0.1, 0.15) is 30.3 Å². The van der Waals surface area contributed by atoms with Gasteiger partial charge in [0.1, 0.15) is 12.2 Å². The Hall–Kier alpha value is -0.970. The van der Waals surface area contributed by atoms with Crippen molar-refractivity contribution in [3.05, 3.63) is 17.7 Å². The number of hydrogen-bond acceptors (Lipinski definition) is 3. The molecule has 4 nitrogen and oxygen atoms in total. The molecule has 0 spiro atoms. The Bertz CT molecular complexity index is 345. The third kappa shape index (κ3) is 2.75. The lowest BCUT2D eigenvalue weighted by Crippen LogP contribution is -2.08. The number of nitrogens with one attached hydrogen (secondary N) is 1. The molecule has 0 amide bonds. The second kappa shape index (κ2) is 4.70. The molecule has 0 bridgehead atoms. The fourth-order valence-electron chi connectivity index (χ4n) is 1.83. The fourth-order valence-corrected chi connectivity index (χ4v) is 2.93. The van der Waals surface area contributed by atoms with Crippen LogP contribution in [0.5, 0.6) is 0 Å². The summed E-state index contributed by atoms with van der Waals surface area (Å²) in [6, 6.07) is 0. The molecule has 1 fully saturated rings. The number of carbonyl (C=O) groups is 1. The zero-order chi connectivity index (χ0) is 10.7. The van der Waals surface area contributed by atoms with Crippen molar-refractivity contribution in [2.45, 2.75) is 25.2 Å². The molecule has 1 saturated heterocycles. The number of nitrogens with zero attached hydrogens (tertiary/aromatic N) is 1. The molecule has 0 saturated carbocycles. The van der Waals surface area contributed by atoms with Gasteiger partial charge in [0.05, 0.1) is 0 Å². The van der Waals surface area contributed by atoms with Crippen molar-refractivity contribution in [1.29, 1.82) is 0 Å². The molecular formula is C10H14N2O2S. The summed E-state index contributed by atoms with van der Waals surface area (Å²) < 4.78 is 0. The van der Waals surface area contributed by atoms with Crippen LogP contribution in [0.3, 0.4) is 0 Å². The van der Waals surface area contributed by atoms with Gasteiger partial charge in [0.25, 0.3) is 0 Å². The van der Waals surface area contributed by atoms with Crippen LogP contribution in [-0.2, 0) is 11.2 Å². The highest BCUT2D eigenvalue weighted by molar-refractivity contribution is 7.99. The maximum Gasteiger partial charge on any atom is 0.311 e. The van der Waals surface area contributed by atoms with E-state index in [4.69, 9.17) is 5.11 Å². The third-order valence-electron chi connectivity index (χ3n) is 2.63. The number of aromatic amines is 1. The molecule has 5 heteroatoms. The number of H-pyrrole nitrogens is 1. The van der Waals surface area contributed by atoms with Gasteiger partial charge in [-0.1, -0.05) is 0 Å². The minimum Gasteiger partial charge on any atom is -0.481 e. The van der Waals surface area contributed by atoms with Gasteiger partial charge in [0.15, 0.2) is 0 Å². The van der Waals surface area contributed by atoms with Crippen LogP contribution in [0.4, 0.5) is 0 Å². The highest BCUT2D eigenvalue weighted by Gasteiger charge is 2.18. The van der Waals surface area contributed by atoms with E-state index < -0.39 is 5.97 Å². The van der Waals surface area contributed by atoms with Crippen molar-refractivity contribution in [2.75, 3.05) is 11.5 Å². The van der Waals surface area contributed by atoms with Crippen molar-refractivity contribution >= 4 is 17.7 Å². The quantitative estimate of drug-likeness (QED) is 0.822. The molecule has 0 aliphatic carbocycles. The SMILES string of the molecule is O=C(O)Cc1ncc(C2CCSCC2)[nH]1. The molecule has 2 heterocycles. The largest absolute Gasteiger partial charge is 0.481 e. The number of imidazole rings is 1.